The Hall–Kier alpha value is -2.56. The Morgan fingerprint density at radius 3 is 2.71 bits per heavy atom. The van der Waals surface area contributed by atoms with Gasteiger partial charge in [-0.2, -0.15) is 0 Å². The summed E-state index contributed by atoms with van der Waals surface area (Å²) in [6.45, 7) is 5.73. The summed E-state index contributed by atoms with van der Waals surface area (Å²) in [5.41, 5.74) is 5.40. The highest BCUT2D eigenvalue weighted by Gasteiger charge is 2.13. The van der Waals surface area contributed by atoms with Gasteiger partial charge in [-0.3, -0.25) is 0 Å². The summed E-state index contributed by atoms with van der Waals surface area (Å²) in [6.07, 6.45) is 5.78. The fourth-order valence-corrected chi connectivity index (χ4v) is 3.26. The molecule has 0 saturated carbocycles. The molecule has 0 atom stereocenters. The van der Waals surface area contributed by atoms with Crippen LogP contribution in [-0.4, -0.2) is 14.7 Å². The molecule has 0 radical (unpaired) electrons. The first-order valence-corrected chi connectivity index (χ1v) is 8.53. The highest BCUT2D eigenvalue weighted by atomic mass is 16.5. The number of nitrogens with one attached hydrogen (secondary N) is 1. The maximum Gasteiger partial charge on any atom is 0.138 e. The van der Waals surface area contributed by atoms with Crippen LogP contribution in [0.4, 0.5) is 5.69 Å². The monoisotopic (exact) mass is 322 g/mol. The Morgan fingerprint density at radius 2 is 2.00 bits per heavy atom. The Balaban J connectivity index is 1.47. The average molecular weight is 322 g/mol. The summed E-state index contributed by atoms with van der Waals surface area (Å²) in [6, 6.07) is 8.46. The molecule has 124 valence electrons. The normalized spacial score (nSPS) is 13.8. The van der Waals surface area contributed by atoms with Crippen LogP contribution in [0.25, 0.3) is 11.3 Å². The molecule has 2 aromatic heterocycles. The number of anilines is 1. The van der Waals surface area contributed by atoms with Crippen LogP contribution in [0.15, 0.2) is 35.0 Å². The largest absolute Gasteiger partial charge is 0.381 e. The molecule has 1 aliphatic heterocycles. The zero-order valence-corrected chi connectivity index (χ0v) is 14.2. The van der Waals surface area contributed by atoms with Crippen LogP contribution in [0.3, 0.4) is 0 Å². The highest BCUT2D eigenvalue weighted by Crippen LogP contribution is 2.24. The van der Waals surface area contributed by atoms with Gasteiger partial charge in [0.25, 0.3) is 0 Å². The summed E-state index contributed by atoms with van der Waals surface area (Å²) in [5, 5.41) is 7.42. The number of hydrogen-bond acceptors (Lipinski definition) is 4. The molecule has 4 rings (SSSR count). The smallest absolute Gasteiger partial charge is 0.138 e. The number of rotatable bonds is 4. The van der Waals surface area contributed by atoms with E-state index in [0.717, 1.165) is 47.9 Å². The van der Waals surface area contributed by atoms with Crippen molar-refractivity contribution in [1.29, 1.82) is 0 Å². The molecule has 3 aromatic rings. The van der Waals surface area contributed by atoms with Crippen molar-refractivity contribution in [2.45, 2.75) is 46.2 Å². The number of imidazole rings is 1. The van der Waals surface area contributed by atoms with Crippen LogP contribution >= 0.6 is 0 Å². The van der Waals surface area contributed by atoms with E-state index in [-0.39, 0.29) is 0 Å². The topological polar surface area (TPSA) is 55.9 Å². The van der Waals surface area contributed by atoms with Gasteiger partial charge in [0.15, 0.2) is 0 Å². The first kappa shape index (κ1) is 15.0. The van der Waals surface area contributed by atoms with Gasteiger partial charge in [-0.1, -0.05) is 17.3 Å². The summed E-state index contributed by atoms with van der Waals surface area (Å²) < 4.78 is 7.49. The van der Waals surface area contributed by atoms with Crippen LogP contribution in [0, 0.1) is 13.8 Å². The zero-order valence-electron chi connectivity index (χ0n) is 14.2. The summed E-state index contributed by atoms with van der Waals surface area (Å²) in [4.78, 5) is 4.78. The Morgan fingerprint density at radius 1 is 1.17 bits per heavy atom. The maximum atomic E-state index is 5.20. The first-order chi connectivity index (χ1) is 11.7. The van der Waals surface area contributed by atoms with Crippen LogP contribution in [-0.2, 0) is 19.5 Å². The van der Waals surface area contributed by atoms with Crippen molar-refractivity contribution < 1.29 is 4.52 Å². The third-order valence-corrected chi connectivity index (χ3v) is 4.74. The lowest BCUT2D eigenvalue weighted by molar-refractivity contribution is 0.392. The third kappa shape index (κ3) is 2.82. The number of hydrogen-bond donors (Lipinski definition) is 1. The van der Waals surface area contributed by atoms with Crippen LogP contribution in [0.2, 0.25) is 0 Å². The summed E-state index contributed by atoms with van der Waals surface area (Å²) in [5.74, 6) is 2.09. The molecule has 0 amide bonds. The van der Waals surface area contributed by atoms with E-state index < -0.39 is 0 Å². The van der Waals surface area contributed by atoms with Crippen LogP contribution in [0.5, 0.6) is 0 Å². The van der Waals surface area contributed by atoms with E-state index >= 15 is 0 Å². The second kappa shape index (κ2) is 6.15. The quantitative estimate of drug-likeness (QED) is 0.785. The predicted octanol–water partition coefficient (Wildman–Crippen LogP) is 4.10. The summed E-state index contributed by atoms with van der Waals surface area (Å²) in [7, 11) is 0. The van der Waals surface area contributed by atoms with Crippen molar-refractivity contribution >= 4 is 5.69 Å². The van der Waals surface area contributed by atoms with Gasteiger partial charge in [0.1, 0.15) is 11.6 Å². The van der Waals surface area contributed by atoms with Crippen LogP contribution in [0.1, 0.15) is 35.7 Å². The second-order valence-corrected chi connectivity index (χ2v) is 6.43. The van der Waals surface area contributed by atoms with Crippen molar-refractivity contribution in [3.8, 4) is 11.3 Å². The minimum atomic E-state index is 0.722. The fourth-order valence-electron chi connectivity index (χ4n) is 3.26. The standard InChI is InChI=1S/C19H22N4O/c1-13-17(14(2)24-22-13)11-20-16-8-6-15(7-9-16)18-12-23-10-4-3-5-19(23)21-18/h6-9,12,20H,3-5,10-11H2,1-2H3. The highest BCUT2D eigenvalue weighted by molar-refractivity contribution is 5.62. The van der Waals surface area contributed by atoms with Crippen molar-refractivity contribution in [1.82, 2.24) is 14.7 Å². The zero-order chi connectivity index (χ0) is 16.5. The predicted molar refractivity (Wildman–Crippen MR) is 93.9 cm³/mol. The lowest BCUT2D eigenvalue weighted by atomic mass is 10.1. The molecule has 1 aromatic carbocycles. The molecule has 0 saturated heterocycles. The van der Waals surface area contributed by atoms with E-state index in [1.54, 1.807) is 0 Å². The number of nitrogens with zero attached hydrogens (tertiary/aromatic N) is 3. The fraction of sp³-hybridized carbons (Fsp3) is 0.368. The Labute approximate surface area is 141 Å². The van der Waals surface area contributed by atoms with Gasteiger partial charge in [0.2, 0.25) is 0 Å². The third-order valence-electron chi connectivity index (χ3n) is 4.74. The molecule has 0 fully saturated rings. The van der Waals surface area contributed by atoms with Crippen molar-refractivity contribution in [2.24, 2.45) is 0 Å². The molecule has 1 N–H and O–H groups in total. The molecule has 0 spiro atoms. The Bertz CT molecular complexity index is 802. The van der Waals surface area contributed by atoms with Gasteiger partial charge in [0.05, 0.1) is 11.4 Å². The first-order valence-electron chi connectivity index (χ1n) is 8.53. The Kier molecular flexibility index (Phi) is 3.84. The minimum absolute atomic E-state index is 0.722. The van der Waals surface area contributed by atoms with E-state index in [2.05, 4.69) is 45.5 Å². The molecular formula is C19H22N4O. The van der Waals surface area contributed by atoms with Gasteiger partial charge in [0, 0.05) is 42.5 Å². The van der Waals surface area contributed by atoms with Crippen molar-refractivity contribution in [2.75, 3.05) is 5.32 Å². The lowest BCUT2D eigenvalue weighted by Gasteiger charge is -2.11. The van der Waals surface area contributed by atoms with Gasteiger partial charge in [-0.25, -0.2) is 4.98 Å². The van der Waals surface area contributed by atoms with Gasteiger partial charge >= 0.3 is 0 Å². The van der Waals surface area contributed by atoms with Gasteiger partial charge < -0.3 is 14.4 Å². The number of aryl methyl sites for hydroxylation is 4. The molecule has 24 heavy (non-hydrogen) atoms. The maximum absolute atomic E-state index is 5.20. The van der Waals surface area contributed by atoms with E-state index in [0.29, 0.717) is 0 Å². The number of benzene rings is 1. The van der Waals surface area contributed by atoms with Gasteiger partial charge in [-0.15, -0.1) is 0 Å². The van der Waals surface area contributed by atoms with E-state index in [1.165, 1.54) is 24.2 Å². The molecule has 3 heterocycles. The molecule has 0 bridgehead atoms. The SMILES string of the molecule is Cc1noc(C)c1CNc1ccc(-c2cn3c(n2)CCCC3)cc1. The second-order valence-electron chi connectivity index (χ2n) is 6.43. The lowest BCUT2D eigenvalue weighted by Crippen LogP contribution is -2.08. The van der Waals surface area contributed by atoms with Crippen molar-refractivity contribution in [3.63, 3.8) is 0 Å². The molecule has 5 nitrogen and oxygen atoms in total. The van der Waals surface area contributed by atoms with Crippen molar-refractivity contribution in [3.05, 3.63) is 53.3 Å². The summed E-state index contributed by atoms with van der Waals surface area (Å²) >= 11 is 0. The number of fused-ring (bicyclic) bond motifs is 1. The molecule has 1 aliphatic rings. The number of aromatic nitrogens is 3. The van der Waals surface area contributed by atoms with Crippen LogP contribution < -0.4 is 5.32 Å². The van der Waals surface area contributed by atoms with E-state index in [4.69, 9.17) is 9.51 Å². The van der Waals surface area contributed by atoms with E-state index in [9.17, 15) is 0 Å². The average Bonchev–Trinajstić information content (AvgIpc) is 3.17. The van der Waals surface area contributed by atoms with Gasteiger partial charge in [-0.05, 0) is 38.8 Å². The minimum Gasteiger partial charge on any atom is -0.381 e. The molecule has 0 unspecified atom stereocenters. The molecular weight excluding hydrogens is 300 g/mol. The molecule has 0 aliphatic carbocycles. The van der Waals surface area contributed by atoms with E-state index in [1.807, 2.05) is 13.8 Å². The molecule has 5 heteroatoms.